The molecule has 0 bridgehead atoms. The number of aliphatic hydroxyl groups is 2. The number of para-hydroxylation sites is 3. The number of aldehydes is 1. The van der Waals surface area contributed by atoms with Gasteiger partial charge in [-0.3, -0.25) is 4.79 Å². The number of carbonyl (C=O) groups is 2. The molecule has 0 heterocycles. The molecule has 3 aromatic rings. The molecule has 2 atom stereocenters. The van der Waals surface area contributed by atoms with E-state index in [9.17, 15) is 19.8 Å². The van der Waals surface area contributed by atoms with Crippen LogP contribution in [0.5, 0.6) is 17.2 Å². The molecule has 37 heavy (non-hydrogen) atoms. The van der Waals surface area contributed by atoms with Crippen LogP contribution >= 0.6 is 0 Å². The number of nitrogens with two attached hydrogens (primary N) is 1. The van der Waals surface area contributed by atoms with Crippen LogP contribution in [-0.4, -0.2) is 48.9 Å². The molecule has 0 aliphatic carbocycles. The van der Waals surface area contributed by atoms with E-state index in [1.165, 1.54) is 20.3 Å². The normalized spacial score (nSPS) is 10.5. The van der Waals surface area contributed by atoms with Gasteiger partial charge >= 0.3 is 5.97 Å². The average Bonchev–Trinajstić information content (AvgIpc) is 2.92. The van der Waals surface area contributed by atoms with E-state index >= 15 is 0 Å². The van der Waals surface area contributed by atoms with Gasteiger partial charge in [-0.25, -0.2) is 4.79 Å². The standard InChI is InChI=1S/C9H9NO2.C9H10O4.C8H8O2.H2N.U.H/c1-12-9-5-3-2-4-7(9)8(11)6-10;1-13-7-5-3-2-4-6(7)8(10)9(11)12;1-10-8-5-3-2-4-7(8)6-9;;;/h2-5,8,11H,1H3;2-5,8,10H,1H3,(H,11,12);2-6H,1H3;1H2;;/q;;;-1;;-1/t2*8-;;;;/m01..../s1/i;;;;;1+2. The first-order valence-corrected chi connectivity index (χ1v) is 10.2. The fourth-order valence-electron chi connectivity index (χ4n) is 2.75. The van der Waals surface area contributed by atoms with Gasteiger partial charge in [0.2, 0.25) is 0 Å². The van der Waals surface area contributed by atoms with Gasteiger partial charge in [-0.05, 0) is 24.3 Å². The molecule has 3 aromatic carbocycles. The van der Waals surface area contributed by atoms with E-state index in [1.807, 2.05) is 6.07 Å². The van der Waals surface area contributed by atoms with Crippen molar-refractivity contribution in [3.63, 3.8) is 0 Å². The molecular formula is C26H30N2O8U-2. The summed E-state index contributed by atoms with van der Waals surface area (Å²) < 4.78 is 14.8. The Balaban J connectivity index is -0.000000469. The summed E-state index contributed by atoms with van der Waals surface area (Å²) in [6.45, 7) is 0. The van der Waals surface area contributed by atoms with Crippen molar-refractivity contribution in [2.75, 3.05) is 21.3 Å². The third kappa shape index (κ3) is 11.5. The first-order chi connectivity index (χ1) is 16.8. The number of hydrogen-bond donors (Lipinski definition) is 3. The summed E-state index contributed by atoms with van der Waals surface area (Å²) in [5.74, 6) is 0.242. The van der Waals surface area contributed by atoms with Crippen molar-refractivity contribution in [1.82, 2.24) is 0 Å². The molecule has 0 fully saturated rings. The third-order valence-corrected chi connectivity index (χ3v) is 4.49. The Bertz CT molecular complexity index is 1140. The summed E-state index contributed by atoms with van der Waals surface area (Å²) in [4.78, 5) is 20.8. The Morgan fingerprint density at radius 1 is 0.838 bits per heavy atom. The zero-order chi connectivity index (χ0) is 26.2. The minimum absolute atomic E-state index is 0. The molecule has 10 nitrogen and oxygen atoms in total. The summed E-state index contributed by atoms with van der Waals surface area (Å²) in [5.41, 5.74) is 1.35. The van der Waals surface area contributed by atoms with Crippen LogP contribution < -0.4 is 14.2 Å². The largest absolute Gasteiger partial charge is 1.00 e. The number of nitriles is 1. The maximum atomic E-state index is 10.5. The Morgan fingerprint density at radius 2 is 1.24 bits per heavy atom. The van der Waals surface area contributed by atoms with Crippen molar-refractivity contribution in [2.24, 2.45) is 0 Å². The number of carbonyl (C=O) groups excluding carboxylic acids is 1. The van der Waals surface area contributed by atoms with Gasteiger partial charge in [0.05, 0.1) is 33.0 Å². The zero-order valence-electron chi connectivity index (χ0n) is 21.6. The fourth-order valence-corrected chi connectivity index (χ4v) is 2.75. The van der Waals surface area contributed by atoms with E-state index in [-0.39, 0.29) is 44.3 Å². The van der Waals surface area contributed by atoms with Gasteiger partial charge in [-0.2, -0.15) is 5.26 Å². The summed E-state index contributed by atoms with van der Waals surface area (Å²) in [6.07, 6.45) is -1.86. The van der Waals surface area contributed by atoms with Crippen LogP contribution in [0.15, 0.2) is 72.8 Å². The van der Waals surface area contributed by atoms with Crippen molar-refractivity contribution in [1.29, 1.82) is 5.26 Å². The van der Waals surface area contributed by atoms with Crippen molar-refractivity contribution < 1.29 is 71.7 Å². The average molecular weight is 739 g/mol. The molecule has 0 aliphatic heterocycles. The van der Waals surface area contributed by atoms with Gasteiger partial charge in [0.25, 0.3) is 0 Å². The van der Waals surface area contributed by atoms with Crippen LogP contribution in [0.2, 0.25) is 0 Å². The van der Waals surface area contributed by atoms with Crippen LogP contribution in [0.4, 0.5) is 0 Å². The molecule has 0 amide bonds. The number of methoxy groups -OCH3 is 3. The summed E-state index contributed by atoms with van der Waals surface area (Å²) in [7, 11) is 4.47. The molecule has 0 radical (unpaired) electrons. The van der Waals surface area contributed by atoms with E-state index < -0.39 is 18.2 Å². The number of carboxylic acids is 1. The fraction of sp³-hybridized carbons (Fsp3) is 0.192. The number of aliphatic hydroxyl groups excluding tert-OH is 2. The molecule has 0 unspecified atom stereocenters. The molecule has 198 valence electrons. The second kappa shape index (κ2) is 19.8. The van der Waals surface area contributed by atoms with Crippen LogP contribution in [0, 0.1) is 42.4 Å². The summed E-state index contributed by atoms with van der Waals surface area (Å²) in [5, 5.41) is 35.4. The smallest absolute Gasteiger partial charge is 0.337 e. The molecular weight excluding hydrogens is 706 g/mol. The van der Waals surface area contributed by atoms with Crippen LogP contribution in [0.1, 0.15) is 35.1 Å². The number of aliphatic carboxylic acids is 1. The summed E-state index contributed by atoms with van der Waals surface area (Å²) in [6, 6.07) is 22.2. The van der Waals surface area contributed by atoms with Crippen molar-refractivity contribution in [3.05, 3.63) is 95.6 Å². The molecule has 0 aliphatic rings. The predicted molar refractivity (Wildman–Crippen MR) is 134 cm³/mol. The molecule has 0 spiro atoms. The minimum atomic E-state index is -1.53. The molecule has 0 saturated carbocycles. The Kier molecular flexibility index (Phi) is 19.1. The second-order valence-corrected chi connectivity index (χ2v) is 6.62. The zero-order valence-corrected chi connectivity index (χ0v) is 24.7. The number of rotatable bonds is 7. The van der Waals surface area contributed by atoms with Crippen LogP contribution in [0.25, 0.3) is 6.15 Å². The van der Waals surface area contributed by atoms with E-state index in [0.29, 0.717) is 28.4 Å². The number of carboxylic acid groups (broad SMARTS) is 1. The molecule has 11 heteroatoms. The first-order valence-electron chi connectivity index (χ1n) is 10.2. The van der Waals surface area contributed by atoms with Gasteiger partial charge in [-0.1, -0.05) is 48.5 Å². The Hall–Kier alpha value is -3.38. The number of ether oxygens (including phenoxy) is 3. The van der Waals surface area contributed by atoms with Crippen molar-refractivity contribution in [3.8, 4) is 23.3 Å². The van der Waals surface area contributed by atoms with Crippen molar-refractivity contribution in [2.45, 2.75) is 12.2 Å². The van der Waals surface area contributed by atoms with E-state index in [0.717, 1.165) is 6.29 Å². The predicted octanol–water partition coefficient (Wildman–Crippen LogP) is 4.40. The van der Waals surface area contributed by atoms with E-state index in [1.54, 1.807) is 73.8 Å². The maximum Gasteiger partial charge on any atom is 0.337 e. The Labute approximate surface area is 240 Å². The number of nitrogens with zero attached hydrogens (tertiary/aromatic N) is 1. The van der Waals surface area contributed by atoms with Crippen molar-refractivity contribution >= 4 is 12.3 Å². The topological polar surface area (TPSA) is 180 Å². The van der Waals surface area contributed by atoms with Gasteiger partial charge in [0, 0.05) is 42.2 Å². The van der Waals surface area contributed by atoms with Gasteiger partial charge in [0.1, 0.15) is 17.2 Å². The van der Waals surface area contributed by atoms with Gasteiger partial charge < -0.3 is 37.1 Å². The van der Waals surface area contributed by atoms with Gasteiger partial charge in [-0.15, -0.1) is 0 Å². The summed E-state index contributed by atoms with van der Waals surface area (Å²) >= 11 is 0. The monoisotopic (exact) mass is 738 g/mol. The van der Waals surface area contributed by atoms with Crippen LogP contribution in [-0.2, 0) is 4.79 Å². The third-order valence-electron chi connectivity index (χ3n) is 4.49. The van der Waals surface area contributed by atoms with E-state index in [2.05, 4.69) is 0 Å². The van der Waals surface area contributed by atoms with Gasteiger partial charge in [0.15, 0.2) is 18.5 Å². The quantitative estimate of drug-likeness (QED) is 0.234. The Morgan fingerprint density at radius 3 is 1.65 bits per heavy atom. The maximum absolute atomic E-state index is 10.5. The molecule has 0 saturated heterocycles. The van der Waals surface area contributed by atoms with Crippen LogP contribution in [0.3, 0.4) is 0 Å². The van der Waals surface area contributed by atoms with E-state index in [4.69, 9.17) is 24.6 Å². The molecule has 5 N–H and O–H groups in total. The molecule has 3 rings (SSSR count). The second-order valence-electron chi connectivity index (χ2n) is 6.62. The number of hydrogen-bond acceptors (Lipinski definition) is 8. The first kappa shape index (κ1) is 35.8. The molecule has 0 aromatic heterocycles. The number of benzene rings is 3. The SMILES string of the molecule is COc1ccccc1C=O.COc1ccccc1[C@@H](O)C#N.COc1ccccc1[C@@H](O)C(=O)O.[3H-].[NH2-].[U]. The minimum Gasteiger partial charge on any atom is -1.00 e.